The molecule has 0 spiro atoms. The molecule has 0 saturated carbocycles. The Labute approximate surface area is 154 Å². The van der Waals surface area contributed by atoms with Crippen LogP contribution in [0.25, 0.3) is 5.69 Å². The van der Waals surface area contributed by atoms with E-state index in [0.29, 0.717) is 6.04 Å². The number of hydrogen-bond donors (Lipinski definition) is 1. The Morgan fingerprint density at radius 1 is 1.04 bits per heavy atom. The molecule has 0 bridgehead atoms. The summed E-state index contributed by atoms with van der Waals surface area (Å²) in [5, 5.41) is 8.24. The quantitative estimate of drug-likeness (QED) is 0.781. The molecule has 25 heavy (non-hydrogen) atoms. The van der Waals surface area contributed by atoms with Crippen LogP contribution in [0.4, 0.5) is 0 Å². The van der Waals surface area contributed by atoms with Gasteiger partial charge in [0.2, 0.25) is 0 Å². The van der Waals surface area contributed by atoms with E-state index in [1.165, 1.54) is 5.56 Å². The lowest BCUT2D eigenvalue weighted by molar-refractivity contribution is 0.151. The van der Waals surface area contributed by atoms with Crippen LogP contribution < -0.4 is 5.32 Å². The third kappa shape index (κ3) is 4.07. The van der Waals surface area contributed by atoms with E-state index in [2.05, 4.69) is 45.5 Å². The zero-order chi connectivity index (χ0) is 16.2. The lowest BCUT2D eigenvalue weighted by Crippen LogP contribution is -2.45. The summed E-state index contributed by atoms with van der Waals surface area (Å²) in [6, 6.07) is 16.9. The Kier molecular flexibility index (Phi) is 5.81. The highest BCUT2D eigenvalue weighted by molar-refractivity contribution is 5.85. The highest BCUT2D eigenvalue weighted by atomic mass is 35.5. The fourth-order valence-corrected chi connectivity index (χ4v) is 3.23. The van der Waals surface area contributed by atoms with E-state index in [0.717, 1.165) is 37.6 Å². The van der Waals surface area contributed by atoms with Crippen molar-refractivity contribution in [3.05, 3.63) is 78.4 Å². The molecule has 130 valence electrons. The Balaban J connectivity index is 0.00000182. The molecule has 1 atom stereocenters. The second-order valence-corrected chi connectivity index (χ2v) is 6.06. The molecule has 1 unspecified atom stereocenters. The van der Waals surface area contributed by atoms with Crippen molar-refractivity contribution in [2.75, 3.05) is 19.6 Å². The lowest BCUT2D eigenvalue weighted by atomic mass is 10.0. The Morgan fingerprint density at radius 3 is 2.64 bits per heavy atom. The average molecular weight is 356 g/mol. The molecule has 4 rings (SSSR count). The van der Waals surface area contributed by atoms with Gasteiger partial charge in [0, 0.05) is 50.8 Å². The minimum atomic E-state index is 0. The molecule has 1 N–H and O–H groups in total. The second-order valence-electron chi connectivity index (χ2n) is 6.06. The number of hydrogen-bond acceptors (Lipinski definition) is 4. The largest absolute Gasteiger partial charge is 0.314 e. The van der Waals surface area contributed by atoms with Crippen LogP contribution in [0, 0.1) is 0 Å². The summed E-state index contributed by atoms with van der Waals surface area (Å²) in [6.07, 6.45) is 5.77. The molecule has 0 aliphatic carbocycles. The summed E-state index contributed by atoms with van der Waals surface area (Å²) in [7, 11) is 0. The monoisotopic (exact) mass is 355 g/mol. The van der Waals surface area contributed by atoms with Gasteiger partial charge in [-0.15, -0.1) is 12.4 Å². The summed E-state index contributed by atoms with van der Waals surface area (Å²) in [5.41, 5.74) is 3.49. The number of piperazine rings is 1. The molecule has 1 fully saturated rings. The molecular formula is C19H22ClN5. The van der Waals surface area contributed by atoms with Gasteiger partial charge in [0.25, 0.3) is 0 Å². The first-order valence-corrected chi connectivity index (χ1v) is 8.35. The topological polar surface area (TPSA) is 46.0 Å². The predicted molar refractivity (Wildman–Crippen MR) is 101 cm³/mol. The van der Waals surface area contributed by atoms with Gasteiger partial charge in [0.15, 0.2) is 0 Å². The van der Waals surface area contributed by atoms with Crippen molar-refractivity contribution in [3.8, 4) is 5.69 Å². The molecule has 5 nitrogen and oxygen atoms in total. The molecule has 1 saturated heterocycles. The van der Waals surface area contributed by atoms with Gasteiger partial charge in [-0.25, -0.2) is 4.68 Å². The zero-order valence-corrected chi connectivity index (χ0v) is 14.8. The van der Waals surface area contributed by atoms with Crippen LogP contribution in [0.3, 0.4) is 0 Å². The maximum atomic E-state index is 4.74. The van der Waals surface area contributed by atoms with Crippen LogP contribution in [0.5, 0.6) is 0 Å². The number of benzene rings is 1. The van der Waals surface area contributed by atoms with Crippen LogP contribution in [0.1, 0.15) is 17.3 Å². The third-order valence-electron chi connectivity index (χ3n) is 4.48. The smallest absolute Gasteiger partial charge is 0.0769 e. The highest BCUT2D eigenvalue weighted by Crippen LogP contribution is 2.23. The number of rotatable bonds is 4. The van der Waals surface area contributed by atoms with Crippen molar-refractivity contribution in [1.29, 1.82) is 0 Å². The number of para-hydroxylation sites is 1. The van der Waals surface area contributed by atoms with Crippen molar-refractivity contribution in [2.45, 2.75) is 12.6 Å². The van der Waals surface area contributed by atoms with E-state index in [4.69, 9.17) is 5.10 Å². The van der Waals surface area contributed by atoms with E-state index in [1.807, 2.05) is 41.5 Å². The minimum Gasteiger partial charge on any atom is -0.314 e. The van der Waals surface area contributed by atoms with Gasteiger partial charge in [-0.3, -0.25) is 9.88 Å². The number of pyridine rings is 1. The van der Waals surface area contributed by atoms with Crippen molar-refractivity contribution in [1.82, 2.24) is 25.0 Å². The van der Waals surface area contributed by atoms with Crippen molar-refractivity contribution in [3.63, 3.8) is 0 Å². The van der Waals surface area contributed by atoms with E-state index >= 15 is 0 Å². The molecule has 6 heteroatoms. The van der Waals surface area contributed by atoms with E-state index in [-0.39, 0.29) is 12.4 Å². The first-order valence-electron chi connectivity index (χ1n) is 8.35. The van der Waals surface area contributed by atoms with Gasteiger partial charge < -0.3 is 5.32 Å². The standard InChI is InChI=1S/C19H21N5.ClH/c1-2-4-18(5-3-1)24-12-8-17(22-24)15-23-13-11-21-14-19(23)16-6-9-20-10-7-16;/h1-10,12,19,21H,11,13-15H2;1H. The number of aromatic nitrogens is 3. The minimum absolute atomic E-state index is 0. The zero-order valence-electron chi connectivity index (χ0n) is 14.0. The van der Waals surface area contributed by atoms with Gasteiger partial charge in [-0.1, -0.05) is 18.2 Å². The van der Waals surface area contributed by atoms with Crippen LogP contribution >= 0.6 is 12.4 Å². The molecule has 1 aliphatic rings. The first kappa shape index (κ1) is 17.6. The van der Waals surface area contributed by atoms with Crippen LogP contribution in [0.15, 0.2) is 67.1 Å². The fourth-order valence-electron chi connectivity index (χ4n) is 3.23. The van der Waals surface area contributed by atoms with Crippen LogP contribution in [-0.4, -0.2) is 39.3 Å². The Bertz CT molecular complexity index is 775. The maximum absolute atomic E-state index is 4.74. The van der Waals surface area contributed by atoms with Crippen molar-refractivity contribution >= 4 is 12.4 Å². The Morgan fingerprint density at radius 2 is 1.84 bits per heavy atom. The summed E-state index contributed by atoms with van der Waals surface area (Å²) in [6.45, 7) is 3.85. The molecule has 3 heterocycles. The summed E-state index contributed by atoms with van der Waals surface area (Å²) >= 11 is 0. The summed E-state index contributed by atoms with van der Waals surface area (Å²) in [4.78, 5) is 6.62. The molecule has 3 aromatic rings. The number of nitrogens with zero attached hydrogens (tertiary/aromatic N) is 4. The van der Waals surface area contributed by atoms with E-state index < -0.39 is 0 Å². The molecule has 0 radical (unpaired) electrons. The van der Waals surface area contributed by atoms with Gasteiger partial charge in [0.05, 0.1) is 11.4 Å². The van der Waals surface area contributed by atoms with Crippen LogP contribution in [-0.2, 0) is 6.54 Å². The van der Waals surface area contributed by atoms with E-state index in [1.54, 1.807) is 0 Å². The first-order chi connectivity index (χ1) is 11.9. The predicted octanol–water partition coefficient (Wildman–Crippen LogP) is 2.84. The van der Waals surface area contributed by atoms with E-state index in [9.17, 15) is 0 Å². The van der Waals surface area contributed by atoms with Gasteiger partial charge in [-0.2, -0.15) is 5.10 Å². The highest BCUT2D eigenvalue weighted by Gasteiger charge is 2.24. The maximum Gasteiger partial charge on any atom is 0.0769 e. The second kappa shape index (κ2) is 8.25. The number of nitrogens with one attached hydrogen (secondary N) is 1. The Hall–Kier alpha value is -2.21. The molecule has 0 amide bonds. The normalized spacial score (nSPS) is 17.8. The van der Waals surface area contributed by atoms with Crippen molar-refractivity contribution < 1.29 is 0 Å². The molecule has 2 aromatic heterocycles. The summed E-state index contributed by atoms with van der Waals surface area (Å²) < 4.78 is 1.94. The fraction of sp³-hybridized carbons (Fsp3) is 0.263. The lowest BCUT2D eigenvalue weighted by Gasteiger charge is -2.36. The molecular weight excluding hydrogens is 334 g/mol. The third-order valence-corrected chi connectivity index (χ3v) is 4.48. The van der Waals surface area contributed by atoms with Gasteiger partial charge >= 0.3 is 0 Å². The van der Waals surface area contributed by atoms with Crippen molar-refractivity contribution in [2.24, 2.45) is 0 Å². The van der Waals surface area contributed by atoms with Gasteiger partial charge in [0.1, 0.15) is 0 Å². The summed E-state index contributed by atoms with van der Waals surface area (Å²) in [5.74, 6) is 0. The molecule has 1 aliphatic heterocycles. The SMILES string of the molecule is Cl.c1ccc(-n2ccc(CN3CCNCC3c3ccncc3)n2)cc1. The van der Waals surface area contributed by atoms with Crippen LogP contribution in [0.2, 0.25) is 0 Å². The number of halogens is 1. The average Bonchev–Trinajstić information content (AvgIpc) is 3.12. The van der Waals surface area contributed by atoms with Gasteiger partial charge in [-0.05, 0) is 35.9 Å². The molecule has 1 aromatic carbocycles.